The third-order valence-electron chi connectivity index (χ3n) is 4.21. The van der Waals surface area contributed by atoms with Crippen molar-refractivity contribution in [1.29, 1.82) is 0 Å². The summed E-state index contributed by atoms with van der Waals surface area (Å²) in [6, 6.07) is 0. The summed E-state index contributed by atoms with van der Waals surface area (Å²) in [5, 5.41) is 5.84. The first-order valence-corrected chi connectivity index (χ1v) is 9.06. The number of carbonyl (C=O) groups is 2. The Labute approximate surface area is 144 Å². The van der Waals surface area contributed by atoms with Crippen molar-refractivity contribution in [3.05, 3.63) is 17.2 Å². The molecule has 0 aliphatic carbocycles. The van der Waals surface area contributed by atoms with Crippen molar-refractivity contribution in [3.8, 4) is 0 Å². The van der Waals surface area contributed by atoms with E-state index in [1.54, 1.807) is 0 Å². The Morgan fingerprint density at radius 1 is 1.08 bits per heavy atom. The van der Waals surface area contributed by atoms with E-state index in [4.69, 9.17) is 0 Å². The van der Waals surface area contributed by atoms with Gasteiger partial charge in [-0.2, -0.15) is 0 Å². The molecule has 1 aliphatic rings. The van der Waals surface area contributed by atoms with Gasteiger partial charge in [-0.15, -0.1) is 0 Å². The van der Waals surface area contributed by atoms with Crippen molar-refractivity contribution in [2.75, 3.05) is 13.1 Å². The number of nitrogens with one attached hydrogen (secondary N) is 2. The molecule has 24 heavy (non-hydrogen) atoms. The Bertz CT molecular complexity index is 590. The lowest BCUT2D eigenvalue weighted by molar-refractivity contribution is 0.0936. The molecule has 0 fully saturated rings. The number of rotatable bonds is 7. The highest BCUT2D eigenvalue weighted by atomic mass is 16.2. The van der Waals surface area contributed by atoms with Gasteiger partial charge in [0.2, 0.25) is 0 Å². The fraction of sp³-hybridized carbons (Fsp3) is 0.722. The first-order chi connectivity index (χ1) is 11.4. The quantitative estimate of drug-likeness (QED) is 0.804. The summed E-state index contributed by atoms with van der Waals surface area (Å²) in [7, 11) is 0. The molecule has 2 rings (SSSR count). The highest BCUT2D eigenvalue weighted by Crippen LogP contribution is 2.21. The number of nitrogens with zero attached hydrogens (tertiary/aromatic N) is 2. The average Bonchev–Trinajstić information content (AvgIpc) is 2.92. The third-order valence-corrected chi connectivity index (χ3v) is 4.21. The molecule has 0 spiro atoms. The number of fused-ring (bicyclic) bond motifs is 1. The molecular weight excluding hydrogens is 304 g/mol. The van der Waals surface area contributed by atoms with E-state index in [1.807, 2.05) is 4.57 Å². The second-order valence-electron chi connectivity index (χ2n) is 7.38. The fourth-order valence-corrected chi connectivity index (χ4v) is 2.83. The predicted octanol–water partition coefficient (Wildman–Crippen LogP) is 2.38. The van der Waals surface area contributed by atoms with E-state index in [1.165, 1.54) is 0 Å². The molecule has 0 unspecified atom stereocenters. The largest absolute Gasteiger partial charge is 0.350 e. The zero-order chi connectivity index (χ0) is 17.7. The van der Waals surface area contributed by atoms with Gasteiger partial charge in [-0.05, 0) is 37.5 Å². The normalized spacial score (nSPS) is 13.9. The topological polar surface area (TPSA) is 76.0 Å². The fourth-order valence-electron chi connectivity index (χ4n) is 2.83. The van der Waals surface area contributed by atoms with Gasteiger partial charge in [0.15, 0.2) is 5.82 Å². The lowest BCUT2D eigenvalue weighted by Crippen LogP contribution is -2.29. The number of aromatic nitrogens is 2. The van der Waals surface area contributed by atoms with Crippen LogP contribution in [0, 0.1) is 11.8 Å². The summed E-state index contributed by atoms with van der Waals surface area (Å²) < 4.78 is 1.93. The molecule has 0 saturated heterocycles. The van der Waals surface area contributed by atoms with E-state index in [0.29, 0.717) is 36.4 Å². The van der Waals surface area contributed by atoms with Crippen molar-refractivity contribution < 1.29 is 9.59 Å². The summed E-state index contributed by atoms with van der Waals surface area (Å²) >= 11 is 0. The molecule has 134 valence electrons. The number of hydrogen-bond donors (Lipinski definition) is 2. The van der Waals surface area contributed by atoms with Crippen LogP contribution in [0.2, 0.25) is 0 Å². The lowest BCUT2D eigenvalue weighted by atomic mass is 10.1. The van der Waals surface area contributed by atoms with Crippen LogP contribution in [0.3, 0.4) is 0 Å². The van der Waals surface area contributed by atoms with Gasteiger partial charge in [-0.25, -0.2) is 4.98 Å². The summed E-state index contributed by atoms with van der Waals surface area (Å²) in [5.41, 5.74) is 1.32. The zero-order valence-electron chi connectivity index (χ0n) is 15.3. The summed E-state index contributed by atoms with van der Waals surface area (Å²) in [4.78, 5) is 29.3. The molecule has 0 saturated carbocycles. The van der Waals surface area contributed by atoms with Crippen LogP contribution in [0.25, 0.3) is 0 Å². The zero-order valence-corrected chi connectivity index (χ0v) is 15.3. The molecule has 0 aromatic carbocycles. The second kappa shape index (κ2) is 8.31. The number of imidazole rings is 1. The molecule has 1 aromatic heterocycles. The molecule has 6 nitrogen and oxygen atoms in total. The maximum absolute atomic E-state index is 12.5. The van der Waals surface area contributed by atoms with Gasteiger partial charge >= 0.3 is 0 Å². The molecule has 0 atom stereocenters. The average molecular weight is 334 g/mol. The molecule has 2 amide bonds. The maximum atomic E-state index is 12.5. The minimum Gasteiger partial charge on any atom is -0.350 e. The molecule has 1 aliphatic heterocycles. The molecule has 1 aromatic rings. The van der Waals surface area contributed by atoms with Gasteiger partial charge in [0.25, 0.3) is 11.8 Å². The summed E-state index contributed by atoms with van der Waals surface area (Å²) in [5.74, 6) is 0.948. The smallest absolute Gasteiger partial charge is 0.287 e. The van der Waals surface area contributed by atoms with Gasteiger partial charge in [0.05, 0.1) is 5.69 Å². The first-order valence-electron chi connectivity index (χ1n) is 9.06. The van der Waals surface area contributed by atoms with Crippen LogP contribution in [-0.2, 0) is 13.0 Å². The lowest BCUT2D eigenvalue weighted by Gasteiger charge is -2.17. The Hall–Kier alpha value is -1.85. The van der Waals surface area contributed by atoms with E-state index in [9.17, 15) is 9.59 Å². The van der Waals surface area contributed by atoms with Crippen LogP contribution in [0.5, 0.6) is 0 Å². The standard InChI is InChI=1S/C18H30N4O2/c1-12(2)8-9-19-18(24)16-21-15(17(23)20-11-13(3)4)14-7-5-6-10-22(14)16/h12-13H,5-11H2,1-4H3,(H,19,24)(H,20,23). The second-order valence-corrected chi connectivity index (χ2v) is 7.38. The van der Waals surface area contributed by atoms with Gasteiger partial charge in [-0.3, -0.25) is 9.59 Å². The van der Waals surface area contributed by atoms with Gasteiger partial charge in [-0.1, -0.05) is 27.7 Å². The molecule has 6 heteroatoms. The van der Waals surface area contributed by atoms with Crippen molar-refractivity contribution in [2.45, 2.75) is 59.9 Å². The predicted molar refractivity (Wildman–Crippen MR) is 94.1 cm³/mol. The number of carbonyl (C=O) groups excluding carboxylic acids is 2. The van der Waals surface area contributed by atoms with E-state index in [-0.39, 0.29) is 11.8 Å². The van der Waals surface area contributed by atoms with Crippen LogP contribution in [0.4, 0.5) is 0 Å². The van der Waals surface area contributed by atoms with Crippen molar-refractivity contribution in [1.82, 2.24) is 20.2 Å². The Morgan fingerprint density at radius 3 is 2.50 bits per heavy atom. The first kappa shape index (κ1) is 18.5. The Kier molecular flexibility index (Phi) is 6.40. The summed E-state index contributed by atoms with van der Waals surface area (Å²) in [6.45, 7) is 10.4. The van der Waals surface area contributed by atoms with Gasteiger partial charge in [0, 0.05) is 19.6 Å². The number of amides is 2. The van der Waals surface area contributed by atoms with Crippen molar-refractivity contribution >= 4 is 11.8 Å². The van der Waals surface area contributed by atoms with E-state index >= 15 is 0 Å². The Morgan fingerprint density at radius 2 is 1.83 bits per heavy atom. The molecule has 2 N–H and O–H groups in total. The van der Waals surface area contributed by atoms with Gasteiger partial charge in [0.1, 0.15) is 5.69 Å². The van der Waals surface area contributed by atoms with Crippen LogP contribution in [0.15, 0.2) is 0 Å². The van der Waals surface area contributed by atoms with Crippen molar-refractivity contribution in [2.24, 2.45) is 11.8 Å². The third kappa shape index (κ3) is 4.58. The van der Waals surface area contributed by atoms with Crippen LogP contribution < -0.4 is 10.6 Å². The molecule has 0 radical (unpaired) electrons. The number of hydrogen-bond acceptors (Lipinski definition) is 3. The van der Waals surface area contributed by atoms with Crippen molar-refractivity contribution in [3.63, 3.8) is 0 Å². The molecule has 2 heterocycles. The van der Waals surface area contributed by atoms with E-state index in [0.717, 1.165) is 37.9 Å². The minimum absolute atomic E-state index is 0.171. The SMILES string of the molecule is CC(C)CCNC(=O)c1nc(C(=O)NCC(C)C)c2n1CCCC2. The highest BCUT2D eigenvalue weighted by Gasteiger charge is 2.27. The van der Waals surface area contributed by atoms with Crippen LogP contribution in [0.1, 0.15) is 73.8 Å². The van der Waals surface area contributed by atoms with E-state index in [2.05, 4.69) is 43.3 Å². The van der Waals surface area contributed by atoms with Crippen LogP contribution >= 0.6 is 0 Å². The van der Waals surface area contributed by atoms with E-state index < -0.39 is 0 Å². The molecule has 0 bridgehead atoms. The highest BCUT2D eigenvalue weighted by molar-refractivity contribution is 5.97. The summed E-state index contributed by atoms with van der Waals surface area (Å²) in [6.07, 6.45) is 3.78. The molecular formula is C18H30N4O2. The monoisotopic (exact) mass is 334 g/mol. The minimum atomic E-state index is -0.179. The van der Waals surface area contributed by atoms with Crippen LogP contribution in [-0.4, -0.2) is 34.5 Å². The maximum Gasteiger partial charge on any atom is 0.287 e. The Balaban J connectivity index is 2.16. The van der Waals surface area contributed by atoms with Gasteiger partial charge < -0.3 is 15.2 Å².